The average molecular weight is 232 g/mol. The Morgan fingerprint density at radius 3 is 2.06 bits per heavy atom. The Morgan fingerprint density at radius 1 is 0.882 bits per heavy atom. The van der Waals surface area contributed by atoms with Gasteiger partial charge in [0, 0.05) is 6.42 Å². The first-order valence-electron chi connectivity index (χ1n) is 6.70. The quantitative estimate of drug-likeness (QED) is 0.309. The lowest BCUT2D eigenvalue weighted by atomic mass is 10.1. The highest BCUT2D eigenvalue weighted by atomic mass is 16.1. The first-order chi connectivity index (χ1) is 8.41. The van der Waals surface area contributed by atoms with Crippen molar-refractivity contribution < 1.29 is 4.79 Å². The Balaban J connectivity index is 3.03. The lowest BCUT2D eigenvalue weighted by molar-refractivity contribution is 0.563. The zero-order valence-electron chi connectivity index (χ0n) is 10.8. The summed E-state index contributed by atoms with van der Waals surface area (Å²) in [5.41, 5.74) is 0. The van der Waals surface area contributed by atoms with E-state index in [4.69, 9.17) is 0 Å². The van der Waals surface area contributed by atoms with Crippen molar-refractivity contribution in [3.05, 3.63) is 18.7 Å². The van der Waals surface area contributed by atoms with E-state index in [-0.39, 0.29) is 0 Å². The van der Waals surface area contributed by atoms with Crippen molar-refractivity contribution in [1.82, 2.24) is 0 Å². The highest BCUT2D eigenvalue weighted by Crippen LogP contribution is 2.10. The van der Waals surface area contributed by atoms with Crippen LogP contribution < -0.4 is 0 Å². The molecule has 0 atom stereocenters. The van der Waals surface area contributed by atoms with Gasteiger partial charge in [0.05, 0.1) is 0 Å². The maximum atomic E-state index is 9.91. The van der Waals surface area contributed by atoms with Crippen LogP contribution in [0.25, 0.3) is 0 Å². The minimum atomic E-state index is 0.894. The van der Waals surface area contributed by atoms with Crippen LogP contribution in [0.5, 0.6) is 0 Å². The molecule has 0 fully saturated rings. The molecule has 17 heavy (non-hydrogen) atoms. The molecule has 1 heteroatoms. The Hall–Kier alpha value is -1.25. The molecule has 0 N–H and O–H groups in total. The van der Waals surface area contributed by atoms with Crippen molar-refractivity contribution in [3.8, 4) is 11.8 Å². The SMILES string of the molecule is C=CC#CCCCCCCCCCCC=C=O. The van der Waals surface area contributed by atoms with E-state index in [1.807, 2.05) is 5.94 Å². The van der Waals surface area contributed by atoms with E-state index in [0.717, 1.165) is 19.3 Å². The van der Waals surface area contributed by atoms with Crippen molar-refractivity contribution in [1.29, 1.82) is 0 Å². The van der Waals surface area contributed by atoms with Crippen molar-refractivity contribution in [2.75, 3.05) is 0 Å². The van der Waals surface area contributed by atoms with Gasteiger partial charge in [0.2, 0.25) is 0 Å². The smallest absolute Gasteiger partial charge is 0.120 e. The fourth-order valence-corrected chi connectivity index (χ4v) is 1.72. The number of hydrogen-bond donors (Lipinski definition) is 0. The summed E-state index contributed by atoms with van der Waals surface area (Å²) >= 11 is 0. The fraction of sp³-hybridized carbons (Fsp3) is 0.625. The summed E-state index contributed by atoms with van der Waals surface area (Å²) in [6.07, 6.45) is 15.3. The van der Waals surface area contributed by atoms with Gasteiger partial charge in [-0.25, -0.2) is 4.79 Å². The lowest BCUT2D eigenvalue weighted by Crippen LogP contribution is -1.81. The van der Waals surface area contributed by atoms with Crippen LogP contribution in [0.4, 0.5) is 0 Å². The summed E-state index contributed by atoms with van der Waals surface area (Å²) in [6, 6.07) is 0. The highest BCUT2D eigenvalue weighted by molar-refractivity contribution is 5.44. The predicted octanol–water partition coefficient (Wildman–Crippen LogP) is 4.46. The van der Waals surface area contributed by atoms with Gasteiger partial charge in [-0.15, -0.1) is 0 Å². The number of rotatable bonds is 10. The third kappa shape index (κ3) is 14.8. The lowest BCUT2D eigenvalue weighted by Gasteiger charge is -2.00. The third-order valence-corrected chi connectivity index (χ3v) is 2.69. The second kappa shape index (κ2) is 14.8. The maximum absolute atomic E-state index is 9.91. The molecule has 0 aliphatic heterocycles. The molecule has 0 unspecified atom stereocenters. The van der Waals surface area contributed by atoms with Crippen LogP contribution in [-0.4, -0.2) is 5.94 Å². The van der Waals surface area contributed by atoms with Gasteiger partial charge in [0.25, 0.3) is 0 Å². The summed E-state index contributed by atoms with van der Waals surface area (Å²) in [4.78, 5) is 9.91. The Labute approximate surface area is 106 Å². The van der Waals surface area contributed by atoms with Gasteiger partial charge >= 0.3 is 0 Å². The molecular formula is C16H24O. The predicted molar refractivity (Wildman–Crippen MR) is 74.4 cm³/mol. The molecule has 0 saturated carbocycles. The van der Waals surface area contributed by atoms with E-state index < -0.39 is 0 Å². The Kier molecular flexibility index (Phi) is 13.7. The average Bonchev–Trinajstić information content (AvgIpc) is 2.35. The van der Waals surface area contributed by atoms with E-state index in [1.165, 1.54) is 44.9 Å². The van der Waals surface area contributed by atoms with Crippen LogP contribution >= 0.6 is 0 Å². The number of unbranched alkanes of at least 4 members (excludes halogenated alkanes) is 9. The van der Waals surface area contributed by atoms with Gasteiger partial charge in [-0.05, 0) is 31.4 Å². The zero-order valence-corrected chi connectivity index (χ0v) is 10.8. The Morgan fingerprint density at radius 2 is 1.47 bits per heavy atom. The molecule has 0 aromatic carbocycles. The van der Waals surface area contributed by atoms with Crippen LogP contribution in [0, 0.1) is 11.8 Å². The van der Waals surface area contributed by atoms with Gasteiger partial charge in [-0.1, -0.05) is 56.9 Å². The largest absolute Gasteiger partial charge is 0.234 e. The van der Waals surface area contributed by atoms with Crippen molar-refractivity contribution in [3.63, 3.8) is 0 Å². The van der Waals surface area contributed by atoms with Crippen molar-refractivity contribution in [2.24, 2.45) is 0 Å². The van der Waals surface area contributed by atoms with Crippen LogP contribution in [0.1, 0.15) is 64.2 Å². The maximum Gasteiger partial charge on any atom is 0.120 e. The summed E-state index contributed by atoms with van der Waals surface area (Å²) in [5.74, 6) is 7.75. The van der Waals surface area contributed by atoms with Gasteiger partial charge < -0.3 is 0 Å². The Bertz CT molecular complexity index is 274. The third-order valence-electron chi connectivity index (χ3n) is 2.69. The van der Waals surface area contributed by atoms with Crippen LogP contribution in [-0.2, 0) is 4.79 Å². The molecule has 0 aromatic heterocycles. The highest BCUT2D eigenvalue weighted by Gasteiger charge is 1.91. The second-order valence-corrected chi connectivity index (χ2v) is 4.21. The van der Waals surface area contributed by atoms with Crippen molar-refractivity contribution in [2.45, 2.75) is 64.2 Å². The van der Waals surface area contributed by atoms with Gasteiger partial charge in [-0.3, -0.25) is 0 Å². The van der Waals surface area contributed by atoms with E-state index in [1.54, 1.807) is 12.2 Å². The molecule has 0 spiro atoms. The first-order valence-corrected chi connectivity index (χ1v) is 6.70. The normalized spacial score (nSPS) is 8.94. The molecule has 0 rings (SSSR count). The van der Waals surface area contributed by atoms with E-state index >= 15 is 0 Å². The summed E-state index contributed by atoms with van der Waals surface area (Å²) in [5, 5.41) is 0. The van der Waals surface area contributed by atoms with Gasteiger partial charge in [-0.2, -0.15) is 0 Å². The molecule has 0 heterocycles. The topological polar surface area (TPSA) is 17.1 Å². The molecular weight excluding hydrogens is 208 g/mol. The van der Waals surface area contributed by atoms with Crippen LogP contribution in [0.3, 0.4) is 0 Å². The minimum Gasteiger partial charge on any atom is -0.234 e. The minimum absolute atomic E-state index is 0.894. The number of allylic oxidation sites excluding steroid dienone is 2. The monoisotopic (exact) mass is 232 g/mol. The zero-order chi connectivity index (χ0) is 12.6. The molecule has 0 radical (unpaired) electrons. The van der Waals surface area contributed by atoms with Gasteiger partial charge in [0.15, 0.2) is 0 Å². The first kappa shape index (κ1) is 15.8. The van der Waals surface area contributed by atoms with Crippen molar-refractivity contribution >= 4 is 5.94 Å². The molecule has 0 aliphatic rings. The van der Waals surface area contributed by atoms with E-state index in [2.05, 4.69) is 18.4 Å². The molecule has 0 aliphatic carbocycles. The summed E-state index contributed by atoms with van der Waals surface area (Å²) in [7, 11) is 0. The van der Waals surface area contributed by atoms with E-state index in [9.17, 15) is 4.79 Å². The fourth-order valence-electron chi connectivity index (χ4n) is 1.72. The van der Waals surface area contributed by atoms with Crippen LogP contribution in [0.15, 0.2) is 18.7 Å². The summed E-state index contributed by atoms with van der Waals surface area (Å²) < 4.78 is 0. The number of carbonyl (C=O) groups excluding carboxylic acids is 1. The molecule has 94 valence electrons. The molecule has 0 saturated heterocycles. The summed E-state index contributed by atoms with van der Waals surface area (Å²) in [6.45, 7) is 3.56. The molecule has 0 bridgehead atoms. The molecule has 0 amide bonds. The second-order valence-electron chi connectivity index (χ2n) is 4.21. The van der Waals surface area contributed by atoms with Crippen LogP contribution in [0.2, 0.25) is 0 Å². The van der Waals surface area contributed by atoms with E-state index in [0.29, 0.717) is 0 Å². The number of hydrogen-bond acceptors (Lipinski definition) is 1. The van der Waals surface area contributed by atoms with Gasteiger partial charge in [0.1, 0.15) is 5.94 Å². The molecule has 0 aromatic rings. The molecule has 1 nitrogen and oxygen atoms in total. The standard InChI is InChI=1S/C16H24O/c1-2-3-4-5-6-7-8-9-10-11-12-13-14-15-16-17/h2,15H,1,5-14H2.